The van der Waals surface area contributed by atoms with E-state index in [9.17, 15) is 17.6 Å². The fourth-order valence-electron chi connectivity index (χ4n) is 2.93. The average Bonchev–Trinajstić information content (AvgIpc) is 2.49. The Balaban J connectivity index is 2.03. The summed E-state index contributed by atoms with van der Waals surface area (Å²) in [5.74, 6) is -3.75. The van der Waals surface area contributed by atoms with Crippen molar-refractivity contribution in [1.29, 1.82) is 0 Å². The Morgan fingerprint density at radius 1 is 1.09 bits per heavy atom. The van der Waals surface area contributed by atoms with E-state index in [4.69, 9.17) is 0 Å². The van der Waals surface area contributed by atoms with Gasteiger partial charge in [-0.15, -0.1) is 0 Å². The highest BCUT2D eigenvalue weighted by atomic mass is 19.3. The van der Waals surface area contributed by atoms with Crippen LogP contribution in [0.3, 0.4) is 0 Å². The van der Waals surface area contributed by atoms with Crippen LogP contribution >= 0.6 is 0 Å². The second kappa shape index (κ2) is 5.80. The van der Waals surface area contributed by atoms with Crippen molar-refractivity contribution in [3.8, 4) is 11.1 Å². The van der Waals surface area contributed by atoms with Gasteiger partial charge in [0.15, 0.2) is 0 Å². The SMILES string of the molecule is CC1=C(c2cc(-c3cc(F)ccc3F)ccn2)CCC(F)(F)C1. The Labute approximate surface area is 131 Å². The van der Waals surface area contributed by atoms with Gasteiger partial charge in [-0.05, 0) is 54.8 Å². The molecule has 5 heteroatoms. The lowest BCUT2D eigenvalue weighted by molar-refractivity contribution is -0.00912. The smallest absolute Gasteiger partial charge is 0.252 e. The minimum absolute atomic E-state index is 0.132. The molecule has 1 aliphatic rings. The van der Waals surface area contributed by atoms with Gasteiger partial charge in [-0.1, -0.05) is 5.57 Å². The summed E-state index contributed by atoms with van der Waals surface area (Å²) in [6.45, 7) is 1.67. The largest absolute Gasteiger partial charge is 0.257 e. The van der Waals surface area contributed by atoms with Crippen LogP contribution in [0, 0.1) is 11.6 Å². The fraction of sp³-hybridized carbons (Fsp3) is 0.278. The number of alkyl halides is 2. The summed E-state index contributed by atoms with van der Waals surface area (Å²) in [5, 5.41) is 0. The van der Waals surface area contributed by atoms with Gasteiger partial charge in [-0.3, -0.25) is 4.98 Å². The van der Waals surface area contributed by atoms with Crippen LogP contribution < -0.4 is 0 Å². The zero-order valence-electron chi connectivity index (χ0n) is 12.5. The molecule has 0 unspecified atom stereocenters. The van der Waals surface area contributed by atoms with Crippen LogP contribution in [-0.4, -0.2) is 10.9 Å². The number of pyridine rings is 1. The van der Waals surface area contributed by atoms with Crippen LogP contribution in [0.15, 0.2) is 42.1 Å². The maximum absolute atomic E-state index is 13.9. The lowest BCUT2D eigenvalue weighted by atomic mass is 9.87. The highest BCUT2D eigenvalue weighted by Gasteiger charge is 2.34. The second-order valence-corrected chi connectivity index (χ2v) is 5.85. The molecule has 0 atom stereocenters. The highest BCUT2D eigenvalue weighted by molar-refractivity contribution is 5.72. The van der Waals surface area contributed by atoms with E-state index in [1.807, 2.05) is 0 Å². The number of rotatable bonds is 2. The Morgan fingerprint density at radius 3 is 2.61 bits per heavy atom. The molecule has 1 aliphatic carbocycles. The van der Waals surface area contributed by atoms with E-state index in [-0.39, 0.29) is 24.8 Å². The van der Waals surface area contributed by atoms with Gasteiger partial charge in [-0.2, -0.15) is 0 Å². The van der Waals surface area contributed by atoms with Crippen molar-refractivity contribution in [3.05, 3.63) is 59.4 Å². The average molecular weight is 321 g/mol. The number of benzene rings is 1. The quantitative estimate of drug-likeness (QED) is 0.654. The predicted molar refractivity (Wildman–Crippen MR) is 81.0 cm³/mol. The summed E-state index contributed by atoms with van der Waals surface area (Å²) in [5.41, 5.74) is 2.50. The summed E-state index contributed by atoms with van der Waals surface area (Å²) < 4.78 is 54.1. The summed E-state index contributed by atoms with van der Waals surface area (Å²) >= 11 is 0. The molecule has 0 fully saturated rings. The third-order valence-corrected chi connectivity index (χ3v) is 4.09. The van der Waals surface area contributed by atoms with Crippen LogP contribution in [0.5, 0.6) is 0 Å². The fourth-order valence-corrected chi connectivity index (χ4v) is 2.93. The molecule has 0 bridgehead atoms. The third kappa shape index (κ3) is 3.28. The van der Waals surface area contributed by atoms with Crippen molar-refractivity contribution in [2.75, 3.05) is 0 Å². The molecule has 23 heavy (non-hydrogen) atoms. The summed E-state index contributed by atoms with van der Waals surface area (Å²) in [6, 6.07) is 6.44. The van der Waals surface area contributed by atoms with Gasteiger partial charge in [-0.25, -0.2) is 17.6 Å². The number of hydrogen-bond acceptors (Lipinski definition) is 1. The van der Waals surface area contributed by atoms with E-state index in [1.54, 1.807) is 19.1 Å². The van der Waals surface area contributed by atoms with Crippen LogP contribution in [0.25, 0.3) is 16.7 Å². The lowest BCUT2D eigenvalue weighted by Crippen LogP contribution is -2.21. The van der Waals surface area contributed by atoms with Crippen LogP contribution in [0.4, 0.5) is 17.6 Å². The zero-order chi connectivity index (χ0) is 16.6. The van der Waals surface area contributed by atoms with E-state index in [0.29, 0.717) is 16.8 Å². The number of halogens is 4. The molecule has 2 aromatic rings. The minimum atomic E-state index is -2.68. The second-order valence-electron chi connectivity index (χ2n) is 5.85. The van der Waals surface area contributed by atoms with Crippen molar-refractivity contribution < 1.29 is 17.6 Å². The van der Waals surface area contributed by atoms with E-state index >= 15 is 0 Å². The third-order valence-electron chi connectivity index (χ3n) is 4.09. The molecule has 0 spiro atoms. The Bertz CT molecular complexity index is 780. The Morgan fingerprint density at radius 2 is 1.87 bits per heavy atom. The number of aromatic nitrogens is 1. The number of allylic oxidation sites excluding steroid dienone is 2. The summed E-state index contributed by atoms with van der Waals surface area (Å²) in [6.07, 6.45) is 1.20. The normalized spacial score (nSPS) is 17.4. The van der Waals surface area contributed by atoms with Gasteiger partial charge in [0, 0.05) is 24.6 Å². The molecule has 1 aromatic carbocycles. The van der Waals surface area contributed by atoms with Gasteiger partial charge in [0.1, 0.15) is 11.6 Å². The van der Waals surface area contributed by atoms with Crippen LogP contribution in [0.1, 0.15) is 31.9 Å². The Kier molecular flexibility index (Phi) is 3.96. The molecule has 0 aliphatic heterocycles. The predicted octanol–water partition coefficient (Wildman–Crippen LogP) is 5.62. The maximum Gasteiger partial charge on any atom is 0.252 e. The molecule has 0 saturated carbocycles. The first-order valence-electron chi connectivity index (χ1n) is 7.34. The van der Waals surface area contributed by atoms with Crippen LogP contribution in [-0.2, 0) is 0 Å². The molecule has 0 N–H and O–H groups in total. The van der Waals surface area contributed by atoms with Crippen molar-refractivity contribution in [2.45, 2.75) is 32.1 Å². The maximum atomic E-state index is 13.9. The zero-order valence-corrected chi connectivity index (χ0v) is 12.5. The van der Waals surface area contributed by atoms with Gasteiger partial charge in [0.05, 0.1) is 5.69 Å². The van der Waals surface area contributed by atoms with Gasteiger partial charge in [0.25, 0.3) is 5.92 Å². The first-order valence-corrected chi connectivity index (χ1v) is 7.34. The molecule has 0 saturated heterocycles. The standard InChI is InChI=1S/C18H15F4N/c1-11-10-18(21,22)6-4-14(11)17-8-12(5-7-23-17)15-9-13(19)2-3-16(15)20/h2-3,5,7-9H,4,6,10H2,1H3. The van der Waals surface area contributed by atoms with Crippen LogP contribution in [0.2, 0.25) is 0 Å². The highest BCUT2D eigenvalue weighted by Crippen LogP contribution is 2.40. The molecule has 0 radical (unpaired) electrons. The molecule has 3 rings (SSSR count). The summed E-state index contributed by atoms with van der Waals surface area (Å²) in [4.78, 5) is 4.22. The van der Waals surface area contributed by atoms with E-state index in [2.05, 4.69) is 4.98 Å². The molecule has 1 heterocycles. The first kappa shape index (κ1) is 15.7. The van der Waals surface area contributed by atoms with E-state index in [0.717, 1.165) is 23.8 Å². The number of hydrogen-bond donors (Lipinski definition) is 0. The van der Waals surface area contributed by atoms with Crippen molar-refractivity contribution in [3.63, 3.8) is 0 Å². The molecule has 1 nitrogen and oxygen atoms in total. The minimum Gasteiger partial charge on any atom is -0.257 e. The topological polar surface area (TPSA) is 12.9 Å². The molecule has 0 amide bonds. The first-order chi connectivity index (χ1) is 10.9. The van der Waals surface area contributed by atoms with Crippen molar-refractivity contribution in [2.24, 2.45) is 0 Å². The number of nitrogens with zero attached hydrogens (tertiary/aromatic N) is 1. The van der Waals surface area contributed by atoms with Gasteiger partial charge in [0.2, 0.25) is 0 Å². The molecule has 1 aromatic heterocycles. The molecular formula is C18H15F4N. The van der Waals surface area contributed by atoms with E-state index in [1.165, 1.54) is 6.20 Å². The summed E-state index contributed by atoms with van der Waals surface area (Å²) in [7, 11) is 0. The Hall–Kier alpha value is -2.17. The van der Waals surface area contributed by atoms with Gasteiger partial charge >= 0.3 is 0 Å². The lowest BCUT2D eigenvalue weighted by Gasteiger charge is -2.25. The molecule has 120 valence electrons. The van der Waals surface area contributed by atoms with Crippen molar-refractivity contribution >= 4 is 5.57 Å². The van der Waals surface area contributed by atoms with Crippen molar-refractivity contribution in [1.82, 2.24) is 4.98 Å². The monoisotopic (exact) mass is 321 g/mol. The van der Waals surface area contributed by atoms with E-state index < -0.39 is 17.6 Å². The molecular weight excluding hydrogens is 306 g/mol. The van der Waals surface area contributed by atoms with Gasteiger partial charge < -0.3 is 0 Å².